The third-order valence-electron chi connectivity index (χ3n) is 3.66. The molecule has 0 aromatic heterocycles. The smallest absolute Gasteiger partial charge is 0.325 e. The van der Waals surface area contributed by atoms with Crippen LogP contribution in [0.2, 0.25) is 0 Å². The molecular weight excluding hydrogens is 332 g/mol. The molecule has 0 spiro atoms. The zero-order chi connectivity index (χ0) is 18.3. The van der Waals surface area contributed by atoms with Crippen LogP contribution in [0.3, 0.4) is 0 Å². The zero-order valence-electron chi connectivity index (χ0n) is 14.2. The summed E-state index contributed by atoms with van der Waals surface area (Å²) in [5.74, 6) is -1.45. The molecular formula is C16H24N2O5S. The van der Waals surface area contributed by atoms with E-state index in [-0.39, 0.29) is 17.2 Å². The summed E-state index contributed by atoms with van der Waals surface area (Å²) in [4.78, 5) is 22.5. The van der Waals surface area contributed by atoms with Gasteiger partial charge in [0.05, 0.1) is 4.90 Å². The van der Waals surface area contributed by atoms with Gasteiger partial charge in [-0.05, 0) is 31.0 Å². The van der Waals surface area contributed by atoms with Crippen molar-refractivity contribution in [2.45, 2.75) is 44.6 Å². The number of nitrogens with zero attached hydrogens (tertiary/aromatic N) is 1. The maximum Gasteiger partial charge on any atom is 0.325 e. The first-order chi connectivity index (χ1) is 11.2. The molecule has 0 aliphatic heterocycles. The highest BCUT2D eigenvalue weighted by Crippen LogP contribution is 2.16. The summed E-state index contributed by atoms with van der Waals surface area (Å²) < 4.78 is 26.1. The number of hydrogen-bond donors (Lipinski definition) is 2. The Morgan fingerprint density at radius 2 is 1.71 bits per heavy atom. The minimum absolute atomic E-state index is 0.139. The van der Waals surface area contributed by atoms with Gasteiger partial charge in [-0.15, -0.1) is 0 Å². The Balaban J connectivity index is 2.69. The summed E-state index contributed by atoms with van der Waals surface area (Å²) >= 11 is 0. The molecule has 1 atom stereocenters. The predicted molar refractivity (Wildman–Crippen MR) is 90.1 cm³/mol. The molecule has 1 aromatic carbocycles. The molecule has 0 bridgehead atoms. The fraction of sp³-hybridized carbons (Fsp3) is 0.500. The number of hydrogen-bond acceptors (Lipinski definition) is 4. The number of aliphatic carboxylic acids is 1. The first-order valence-corrected chi connectivity index (χ1v) is 9.27. The fourth-order valence-corrected chi connectivity index (χ4v) is 3.63. The average Bonchev–Trinajstić information content (AvgIpc) is 2.54. The SMILES string of the molecule is CCN(CC)S(=O)(=O)c1ccc(CCC(=O)N[C@H](C)C(=O)O)cc1. The van der Waals surface area contributed by atoms with E-state index in [4.69, 9.17) is 5.11 Å². The van der Waals surface area contributed by atoms with Crippen LogP contribution in [0.1, 0.15) is 32.8 Å². The van der Waals surface area contributed by atoms with Crippen LogP contribution < -0.4 is 5.32 Å². The van der Waals surface area contributed by atoms with E-state index >= 15 is 0 Å². The lowest BCUT2D eigenvalue weighted by Crippen LogP contribution is -2.38. The Kier molecular flexibility index (Phi) is 7.37. The molecule has 7 nitrogen and oxygen atoms in total. The lowest BCUT2D eigenvalue weighted by molar-refractivity contribution is -0.141. The van der Waals surface area contributed by atoms with E-state index in [1.807, 2.05) is 0 Å². The van der Waals surface area contributed by atoms with Crippen molar-refractivity contribution in [1.29, 1.82) is 0 Å². The van der Waals surface area contributed by atoms with Crippen LogP contribution in [-0.2, 0) is 26.0 Å². The molecule has 134 valence electrons. The molecule has 0 heterocycles. The van der Waals surface area contributed by atoms with Gasteiger partial charge in [0.2, 0.25) is 15.9 Å². The van der Waals surface area contributed by atoms with E-state index in [0.717, 1.165) is 5.56 Å². The van der Waals surface area contributed by atoms with Gasteiger partial charge in [0.15, 0.2) is 0 Å². The van der Waals surface area contributed by atoms with E-state index in [1.165, 1.54) is 23.4 Å². The quantitative estimate of drug-likeness (QED) is 0.693. The third-order valence-corrected chi connectivity index (χ3v) is 5.72. The van der Waals surface area contributed by atoms with E-state index in [2.05, 4.69) is 5.32 Å². The van der Waals surface area contributed by atoms with Crippen molar-refractivity contribution in [3.63, 3.8) is 0 Å². The van der Waals surface area contributed by atoms with Crippen molar-refractivity contribution in [1.82, 2.24) is 9.62 Å². The van der Waals surface area contributed by atoms with E-state index in [0.29, 0.717) is 19.5 Å². The highest BCUT2D eigenvalue weighted by atomic mass is 32.2. The van der Waals surface area contributed by atoms with Gasteiger partial charge in [-0.3, -0.25) is 9.59 Å². The minimum Gasteiger partial charge on any atom is -0.480 e. The first-order valence-electron chi connectivity index (χ1n) is 7.83. The lowest BCUT2D eigenvalue weighted by Gasteiger charge is -2.18. The van der Waals surface area contributed by atoms with Crippen LogP contribution in [0.5, 0.6) is 0 Å². The molecule has 0 unspecified atom stereocenters. The maximum atomic E-state index is 12.4. The Labute approximate surface area is 142 Å². The topological polar surface area (TPSA) is 104 Å². The Morgan fingerprint density at radius 1 is 1.17 bits per heavy atom. The van der Waals surface area contributed by atoms with Crippen LogP contribution in [0.15, 0.2) is 29.2 Å². The van der Waals surface area contributed by atoms with E-state index < -0.39 is 22.0 Å². The molecule has 0 saturated heterocycles. The van der Waals surface area contributed by atoms with Crippen LogP contribution in [0.25, 0.3) is 0 Å². The lowest BCUT2D eigenvalue weighted by atomic mass is 10.1. The number of rotatable bonds is 9. The molecule has 1 rings (SSSR count). The van der Waals surface area contributed by atoms with Gasteiger partial charge in [0.1, 0.15) is 6.04 Å². The zero-order valence-corrected chi connectivity index (χ0v) is 15.0. The molecule has 0 saturated carbocycles. The summed E-state index contributed by atoms with van der Waals surface area (Å²) in [5.41, 5.74) is 0.812. The molecule has 0 aliphatic carbocycles. The van der Waals surface area contributed by atoms with Crippen LogP contribution in [0.4, 0.5) is 0 Å². The summed E-state index contributed by atoms with van der Waals surface area (Å²) in [7, 11) is -3.49. The average molecular weight is 356 g/mol. The van der Waals surface area contributed by atoms with Crippen LogP contribution >= 0.6 is 0 Å². The van der Waals surface area contributed by atoms with Gasteiger partial charge < -0.3 is 10.4 Å². The fourth-order valence-electron chi connectivity index (χ4n) is 2.17. The second-order valence-electron chi connectivity index (χ2n) is 5.36. The number of aryl methyl sites for hydroxylation is 1. The van der Waals surface area contributed by atoms with Gasteiger partial charge in [0, 0.05) is 19.5 Å². The Morgan fingerprint density at radius 3 is 2.17 bits per heavy atom. The highest BCUT2D eigenvalue weighted by Gasteiger charge is 2.21. The van der Waals surface area contributed by atoms with Gasteiger partial charge >= 0.3 is 5.97 Å². The van der Waals surface area contributed by atoms with Crippen molar-refractivity contribution in [2.75, 3.05) is 13.1 Å². The number of carbonyl (C=O) groups is 2. The van der Waals surface area contributed by atoms with Gasteiger partial charge in [-0.1, -0.05) is 26.0 Å². The molecule has 8 heteroatoms. The summed E-state index contributed by atoms with van der Waals surface area (Å²) in [6, 6.07) is 5.47. The summed E-state index contributed by atoms with van der Waals surface area (Å²) in [6.45, 7) is 5.77. The largest absolute Gasteiger partial charge is 0.480 e. The van der Waals surface area contributed by atoms with Crippen LogP contribution in [-0.4, -0.2) is 48.8 Å². The number of sulfonamides is 1. The van der Waals surface area contributed by atoms with E-state index in [1.54, 1.807) is 26.0 Å². The van der Waals surface area contributed by atoms with Crippen LogP contribution in [0, 0.1) is 0 Å². The number of benzene rings is 1. The second-order valence-corrected chi connectivity index (χ2v) is 7.30. The number of nitrogens with one attached hydrogen (secondary N) is 1. The number of amides is 1. The molecule has 0 aliphatic rings. The summed E-state index contributed by atoms with van der Waals surface area (Å²) in [6.07, 6.45) is 0.545. The number of carbonyl (C=O) groups excluding carboxylic acids is 1. The number of carboxylic acids is 1. The van der Waals surface area contributed by atoms with Gasteiger partial charge in [0.25, 0.3) is 0 Å². The third kappa shape index (κ3) is 5.31. The molecule has 0 radical (unpaired) electrons. The van der Waals surface area contributed by atoms with Crippen molar-refractivity contribution in [3.8, 4) is 0 Å². The van der Waals surface area contributed by atoms with Crippen molar-refractivity contribution in [3.05, 3.63) is 29.8 Å². The molecule has 1 aromatic rings. The Hall–Kier alpha value is -1.93. The monoisotopic (exact) mass is 356 g/mol. The maximum absolute atomic E-state index is 12.4. The normalized spacial score (nSPS) is 12.8. The standard InChI is InChI=1S/C16H24N2O5S/c1-4-18(5-2)24(22,23)14-9-6-13(7-10-14)8-11-15(19)17-12(3)16(20)21/h6-7,9-10,12H,4-5,8,11H2,1-3H3,(H,17,19)(H,20,21)/t12-/m1/s1. The molecule has 24 heavy (non-hydrogen) atoms. The molecule has 0 fully saturated rings. The molecule has 2 N–H and O–H groups in total. The Bertz CT molecular complexity index is 666. The van der Waals surface area contributed by atoms with Gasteiger partial charge in [-0.2, -0.15) is 4.31 Å². The molecule has 1 amide bonds. The van der Waals surface area contributed by atoms with Crippen molar-refractivity contribution >= 4 is 21.9 Å². The van der Waals surface area contributed by atoms with Gasteiger partial charge in [-0.25, -0.2) is 8.42 Å². The second kappa shape index (κ2) is 8.79. The number of carboxylic acid groups (broad SMARTS) is 1. The minimum atomic E-state index is -3.49. The van der Waals surface area contributed by atoms with Crippen molar-refractivity contribution < 1.29 is 23.1 Å². The van der Waals surface area contributed by atoms with Crippen molar-refractivity contribution in [2.24, 2.45) is 0 Å². The predicted octanol–water partition coefficient (Wildman–Crippen LogP) is 1.24. The summed E-state index contributed by atoms with van der Waals surface area (Å²) in [5, 5.41) is 11.1. The first kappa shape index (κ1) is 20.1. The van der Waals surface area contributed by atoms with E-state index in [9.17, 15) is 18.0 Å². The highest BCUT2D eigenvalue weighted by molar-refractivity contribution is 7.89.